The highest BCUT2D eigenvalue weighted by molar-refractivity contribution is 6.29. The number of alkyl halides is 2. The summed E-state index contributed by atoms with van der Waals surface area (Å²) in [6, 6.07) is 1.57. The Morgan fingerprint density at radius 1 is 1.38 bits per heavy atom. The van der Waals surface area contributed by atoms with E-state index in [4.69, 9.17) is 21.1 Å². The zero-order chi connectivity index (χ0) is 15.3. The van der Waals surface area contributed by atoms with Crippen molar-refractivity contribution in [3.63, 3.8) is 0 Å². The third-order valence-electron chi connectivity index (χ3n) is 4.37. The molecule has 0 N–H and O–H groups in total. The van der Waals surface area contributed by atoms with Crippen LogP contribution in [0.15, 0.2) is 6.07 Å². The number of halogens is 3. The van der Waals surface area contributed by atoms with Crippen LogP contribution in [0.4, 0.5) is 14.6 Å². The second-order valence-electron chi connectivity index (χ2n) is 5.81. The lowest BCUT2D eigenvalue weighted by atomic mass is 9.62. The van der Waals surface area contributed by atoms with Crippen LogP contribution < -0.4 is 9.64 Å². The normalized spacial score (nSPS) is 30.7. The molecule has 2 bridgehead atoms. The number of hydrogen-bond donors (Lipinski definition) is 0. The van der Waals surface area contributed by atoms with Crippen LogP contribution in [0, 0.1) is 5.41 Å². The second-order valence-corrected chi connectivity index (χ2v) is 6.20. The summed E-state index contributed by atoms with van der Waals surface area (Å²) in [6.07, 6.45) is -1.66. The van der Waals surface area contributed by atoms with Gasteiger partial charge in [-0.1, -0.05) is 11.6 Å². The highest BCUT2D eigenvalue weighted by Gasteiger charge is 2.69. The van der Waals surface area contributed by atoms with Crippen molar-refractivity contribution in [1.29, 1.82) is 0 Å². The van der Waals surface area contributed by atoms with Crippen LogP contribution >= 0.6 is 11.6 Å². The number of ether oxygens (including phenoxy) is 2. The number of nitrogens with zero attached hydrogens (tertiary/aromatic N) is 3. The van der Waals surface area contributed by atoms with Crippen LogP contribution in [0.25, 0.3) is 0 Å². The maximum atomic E-state index is 13.6. The summed E-state index contributed by atoms with van der Waals surface area (Å²) in [5.41, 5.74) is -1.41. The lowest BCUT2D eigenvalue weighted by Gasteiger charge is -2.46. The predicted molar refractivity (Wildman–Crippen MR) is 73.2 cm³/mol. The number of anilines is 1. The van der Waals surface area contributed by atoms with Crippen LogP contribution in [-0.4, -0.2) is 49.3 Å². The molecule has 5 nitrogen and oxygen atoms in total. The summed E-state index contributed by atoms with van der Waals surface area (Å²) < 4.78 is 37.4. The molecule has 21 heavy (non-hydrogen) atoms. The zero-order valence-corrected chi connectivity index (χ0v) is 12.5. The van der Waals surface area contributed by atoms with Crippen molar-refractivity contribution in [3.05, 3.63) is 11.2 Å². The lowest BCUT2D eigenvalue weighted by Crippen LogP contribution is -2.56. The number of hydrogen-bond acceptors (Lipinski definition) is 5. The Labute approximate surface area is 126 Å². The zero-order valence-electron chi connectivity index (χ0n) is 11.8. The monoisotopic (exact) mass is 319 g/mol. The highest BCUT2D eigenvalue weighted by atomic mass is 35.5. The summed E-state index contributed by atoms with van der Waals surface area (Å²) in [7, 11) is 3.00. The molecule has 0 amide bonds. The van der Waals surface area contributed by atoms with E-state index in [-0.39, 0.29) is 16.6 Å². The van der Waals surface area contributed by atoms with E-state index < -0.39 is 12.0 Å². The van der Waals surface area contributed by atoms with Gasteiger partial charge >= 0.3 is 6.01 Å². The van der Waals surface area contributed by atoms with Crippen molar-refractivity contribution in [2.24, 2.45) is 5.41 Å². The minimum Gasteiger partial charge on any atom is -0.467 e. The summed E-state index contributed by atoms with van der Waals surface area (Å²) in [6.45, 7) is 0.940. The first-order valence-electron chi connectivity index (χ1n) is 6.58. The Kier molecular flexibility index (Phi) is 3.44. The first-order chi connectivity index (χ1) is 9.94. The first kappa shape index (κ1) is 14.7. The molecule has 3 aliphatic rings. The fourth-order valence-corrected chi connectivity index (χ4v) is 3.86. The summed E-state index contributed by atoms with van der Waals surface area (Å²) in [4.78, 5) is 9.67. The lowest BCUT2D eigenvalue weighted by molar-refractivity contribution is -0.0516. The molecule has 2 saturated heterocycles. The Bertz CT molecular complexity index is 552. The summed E-state index contributed by atoms with van der Waals surface area (Å²) in [5.74, 6) is 0.377. The van der Waals surface area contributed by atoms with Crippen molar-refractivity contribution < 1.29 is 18.3 Å². The van der Waals surface area contributed by atoms with Crippen molar-refractivity contribution in [3.8, 4) is 6.01 Å². The van der Waals surface area contributed by atoms with Gasteiger partial charge in [0.15, 0.2) is 0 Å². The number of fused-ring (bicyclic) bond motifs is 1. The van der Waals surface area contributed by atoms with E-state index in [0.717, 1.165) is 0 Å². The van der Waals surface area contributed by atoms with E-state index in [0.29, 0.717) is 31.8 Å². The molecule has 3 heterocycles. The van der Waals surface area contributed by atoms with Crippen LogP contribution in [0.1, 0.15) is 12.8 Å². The minimum absolute atomic E-state index is 0.0757. The second kappa shape index (κ2) is 4.91. The summed E-state index contributed by atoms with van der Waals surface area (Å²) >= 11 is 5.92. The van der Waals surface area contributed by atoms with Crippen LogP contribution in [0.2, 0.25) is 5.15 Å². The van der Waals surface area contributed by atoms with Crippen LogP contribution in [-0.2, 0) is 4.74 Å². The molecule has 0 atom stereocenters. The molecule has 0 radical (unpaired) electrons. The molecule has 8 heteroatoms. The van der Waals surface area contributed by atoms with Gasteiger partial charge in [-0.15, -0.1) is 0 Å². The van der Waals surface area contributed by atoms with Gasteiger partial charge in [0.05, 0.1) is 13.7 Å². The van der Waals surface area contributed by atoms with E-state index >= 15 is 0 Å². The third-order valence-corrected chi connectivity index (χ3v) is 4.56. The van der Waals surface area contributed by atoms with Gasteiger partial charge in [-0.2, -0.15) is 9.97 Å². The fourth-order valence-electron chi connectivity index (χ4n) is 3.69. The van der Waals surface area contributed by atoms with Gasteiger partial charge in [0, 0.05) is 25.1 Å². The van der Waals surface area contributed by atoms with E-state index in [2.05, 4.69) is 9.97 Å². The molecule has 1 saturated carbocycles. The standard InChI is InChI=1S/C13H16ClF2N3O2/c1-20-7-12-4-13(5-12,10(15)16)19(6-12)9-3-8(14)17-11(18-9)21-2/h3,10H,4-7H2,1-2H3. The average molecular weight is 320 g/mol. The van der Waals surface area contributed by atoms with Gasteiger partial charge in [-0.3, -0.25) is 0 Å². The van der Waals surface area contributed by atoms with Crippen LogP contribution in [0.3, 0.4) is 0 Å². The molecule has 1 aliphatic carbocycles. The van der Waals surface area contributed by atoms with E-state index in [1.807, 2.05) is 0 Å². The molecular weight excluding hydrogens is 304 g/mol. The molecular formula is C13H16ClF2N3O2. The fraction of sp³-hybridized carbons (Fsp3) is 0.692. The number of rotatable bonds is 5. The van der Waals surface area contributed by atoms with Gasteiger partial charge in [-0.25, -0.2) is 8.78 Å². The number of methoxy groups -OCH3 is 2. The number of aromatic nitrogens is 2. The van der Waals surface area contributed by atoms with Crippen molar-refractivity contribution >= 4 is 17.4 Å². The Hall–Kier alpha value is -1.21. The van der Waals surface area contributed by atoms with Gasteiger partial charge in [0.25, 0.3) is 6.43 Å². The smallest absolute Gasteiger partial charge is 0.319 e. The van der Waals surface area contributed by atoms with Gasteiger partial charge in [0.1, 0.15) is 16.5 Å². The SMILES string of the molecule is COCC12CN(c3cc(Cl)nc(OC)n3)C(C(F)F)(C1)C2. The van der Waals surface area contributed by atoms with E-state index in [1.54, 1.807) is 12.0 Å². The Morgan fingerprint density at radius 3 is 2.67 bits per heavy atom. The van der Waals surface area contributed by atoms with Crippen molar-refractivity contribution in [2.45, 2.75) is 24.8 Å². The largest absolute Gasteiger partial charge is 0.467 e. The molecule has 0 aromatic carbocycles. The van der Waals surface area contributed by atoms with Gasteiger partial charge < -0.3 is 14.4 Å². The maximum Gasteiger partial charge on any atom is 0.319 e. The predicted octanol–water partition coefficient (Wildman–Crippen LogP) is 2.39. The molecule has 1 aromatic rings. The topological polar surface area (TPSA) is 47.5 Å². The molecule has 4 rings (SSSR count). The Morgan fingerprint density at radius 2 is 2.10 bits per heavy atom. The highest BCUT2D eigenvalue weighted by Crippen LogP contribution is 2.62. The van der Waals surface area contributed by atoms with E-state index in [9.17, 15) is 8.78 Å². The first-order valence-corrected chi connectivity index (χ1v) is 6.96. The Balaban J connectivity index is 1.96. The van der Waals surface area contributed by atoms with Gasteiger partial charge in [-0.05, 0) is 12.8 Å². The molecule has 3 fully saturated rings. The maximum absolute atomic E-state index is 13.6. The molecule has 2 aliphatic heterocycles. The molecule has 1 aromatic heterocycles. The van der Waals surface area contributed by atoms with Crippen molar-refractivity contribution in [2.75, 3.05) is 32.3 Å². The third kappa shape index (κ3) is 2.14. The van der Waals surface area contributed by atoms with Crippen molar-refractivity contribution in [1.82, 2.24) is 9.97 Å². The van der Waals surface area contributed by atoms with E-state index in [1.165, 1.54) is 13.2 Å². The minimum atomic E-state index is -2.45. The molecule has 116 valence electrons. The molecule has 0 spiro atoms. The van der Waals surface area contributed by atoms with Crippen LogP contribution in [0.5, 0.6) is 6.01 Å². The van der Waals surface area contributed by atoms with Gasteiger partial charge in [0.2, 0.25) is 0 Å². The molecule has 0 unspecified atom stereocenters. The average Bonchev–Trinajstić information content (AvgIpc) is 2.89. The quantitative estimate of drug-likeness (QED) is 0.780. The summed E-state index contributed by atoms with van der Waals surface area (Å²) in [5, 5.41) is 0.172.